The van der Waals surface area contributed by atoms with Crippen LogP contribution in [-0.2, 0) is 22.4 Å². The van der Waals surface area contributed by atoms with Gasteiger partial charge in [0.15, 0.2) is 0 Å². The third kappa shape index (κ3) is 5.44. The number of hydrogen-bond acceptors (Lipinski definition) is 7. The minimum Gasteiger partial charge on any atom is -0.493 e. The van der Waals surface area contributed by atoms with Crippen molar-refractivity contribution < 1.29 is 23.8 Å². The van der Waals surface area contributed by atoms with Gasteiger partial charge in [0, 0.05) is 37.7 Å². The van der Waals surface area contributed by atoms with Gasteiger partial charge in [-0.1, -0.05) is 18.2 Å². The van der Waals surface area contributed by atoms with Gasteiger partial charge in [-0.15, -0.1) is 0 Å². The molecule has 1 fully saturated rings. The summed E-state index contributed by atoms with van der Waals surface area (Å²) < 4.78 is 17.5. The molecule has 2 aromatic heterocycles. The minimum atomic E-state index is -0.776. The molecule has 1 aromatic carbocycles. The van der Waals surface area contributed by atoms with E-state index in [4.69, 9.17) is 24.0 Å². The number of oxazole rings is 1. The fourth-order valence-electron chi connectivity index (χ4n) is 4.77. The van der Waals surface area contributed by atoms with E-state index in [0.717, 1.165) is 84.4 Å². The second-order valence-electron chi connectivity index (χ2n) is 9.07. The third-order valence-corrected chi connectivity index (χ3v) is 6.69. The van der Waals surface area contributed by atoms with E-state index < -0.39 is 5.97 Å². The van der Waals surface area contributed by atoms with E-state index in [9.17, 15) is 4.79 Å². The summed E-state index contributed by atoms with van der Waals surface area (Å²) in [4.78, 5) is 22.5. The van der Waals surface area contributed by atoms with Gasteiger partial charge in [0.25, 0.3) is 0 Å². The number of aliphatic carboxylic acids is 1. The second kappa shape index (κ2) is 11.0. The zero-order valence-corrected chi connectivity index (χ0v) is 20.5. The first-order valence-electron chi connectivity index (χ1n) is 12.5. The quantitative estimate of drug-likeness (QED) is 0.462. The van der Waals surface area contributed by atoms with Crippen LogP contribution in [0.25, 0.3) is 17.0 Å². The number of morpholine rings is 1. The first-order chi connectivity index (χ1) is 17.6. The summed E-state index contributed by atoms with van der Waals surface area (Å²) in [5, 5.41) is 9.06. The molecule has 0 atom stereocenters. The number of carboxylic acid groups (broad SMARTS) is 1. The van der Waals surface area contributed by atoms with Gasteiger partial charge in [-0.25, -0.2) is 9.97 Å². The Morgan fingerprint density at radius 2 is 2.03 bits per heavy atom. The maximum atomic E-state index is 11.0. The number of nitrogens with zero attached hydrogens (tertiary/aromatic N) is 3. The number of hydrogen-bond donors (Lipinski definition) is 1. The average molecular weight is 490 g/mol. The van der Waals surface area contributed by atoms with Crippen LogP contribution in [0, 0.1) is 6.92 Å². The fraction of sp³-hybridized carbons (Fsp3) is 0.393. The molecular weight excluding hydrogens is 458 g/mol. The number of ether oxygens (including phenoxy) is 2. The van der Waals surface area contributed by atoms with E-state index in [0.29, 0.717) is 25.3 Å². The van der Waals surface area contributed by atoms with Crippen LogP contribution in [0.3, 0.4) is 0 Å². The molecule has 8 heteroatoms. The molecule has 0 spiro atoms. The number of fused-ring (bicyclic) bond motifs is 1. The summed E-state index contributed by atoms with van der Waals surface area (Å²) in [6, 6.07) is 10.0. The molecule has 5 rings (SSSR count). The van der Waals surface area contributed by atoms with Crippen LogP contribution in [0.2, 0.25) is 0 Å². The van der Waals surface area contributed by atoms with Crippen LogP contribution < -0.4 is 9.64 Å². The number of aryl methyl sites for hydroxylation is 1. The standard InChI is InChI=1S/C28H31N3O5/c1-19-24(30-28(36-19)21-8-10-26(29-18-21)31-13-16-34-17-14-31)12-15-35-25-7-3-5-22-20(9-11-27(32)33)4-2-6-23(22)25/h3-5,7-8,10,18H,2,6,9,11-17H2,1H3,(H,32,33). The van der Waals surface area contributed by atoms with Crippen LogP contribution in [-0.4, -0.2) is 54.0 Å². The van der Waals surface area contributed by atoms with Crippen molar-refractivity contribution >= 4 is 17.4 Å². The molecule has 3 aromatic rings. The third-order valence-electron chi connectivity index (χ3n) is 6.69. The monoisotopic (exact) mass is 489 g/mol. The molecule has 36 heavy (non-hydrogen) atoms. The Kier molecular flexibility index (Phi) is 7.32. The van der Waals surface area contributed by atoms with Gasteiger partial charge in [0.1, 0.15) is 17.3 Å². The summed E-state index contributed by atoms with van der Waals surface area (Å²) in [5.74, 6) is 2.36. The molecule has 2 aliphatic rings. The van der Waals surface area contributed by atoms with Crippen LogP contribution in [0.1, 0.15) is 41.8 Å². The number of carbonyl (C=O) groups is 1. The Balaban J connectivity index is 1.22. The molecule has 0 saturated carbocycles. The maximum Gasteiger partial charge on any atom is 0.303 e. The maximum absolute atomic E-state index is 11.0. The van der Waals surface area contributed by atoms with Gasteiger partial charge in [-0.05, 0) is 55.5 Å². The van der Waals surface area contributed by atoms with E-state index in [-0.39, 0.29) is 6.42 Å². The first kappa shape index (κ1) is 24.1. The molecule has 8 nitrogen and oxygen atoms in total. The summed E-state index contributed by atoms with van der Waals surface area (Å²) in [6.07, 6.45) is 7.04. The van der Waals surface area contributed by atoms with Crippen molar-refractivity contribution in [2.45, 2.75) is 39.0 Å². The lowest BCUT2D eigenvalue weighted by Crippen LogP contribution is -2.36. The molecular formula is C28H31N3O5. The van der Waals surface area contributed by atoms with Crippen molar-refractivity contribution in [2.24, 2.45) is 0 Å². The van der Waals surface area contributed by atoms with Crippen LogP contribution >= 0.6 is 0 Å². The lowest BCUT2D eigenvalue weighted by atomic mass is 9.88. The van der Waals surface area contributed by atoms with E-state index in [1.165, 1.54) is 0 Å². The van der Waals surface area contributed by atoms with Crippen molar-refractivity contribution in [1.82, 2.24) is 9.97 Å². The Labute approximate surface area is 210 Å². The summed E-state index contributed by atoms with van der Waals surface area (Å²) in [7, 11) is 0. The molecule has 1 aliphatic carbocycles. The molecule has 0 bridgehead atoms. The largest absolute Gasteiger partial charge is 0.493 e. The zero-order chi connectivity index (χ0) is 24.9. The Bertz CT molecular complexity index is 1240. The number of carboxylic acids is 1. The summed E-state index contributed by atoms with van der Waals surface area (Å²) in [6.45, 7) is 5.54. The number of benzene rings is 1. The van der Waals surface area contributed by atoms with Crippen molar-refractivity contribution in [2.75, 3.05) is 37.8 Å². The molecule has 1 saturated heterocycles. The number of aromatic nitrogens is 2. The van der Waals surface area contributed by atoms with Gasteiger partial charge in [-0.3, -0.25) is 4.79 Å². The molecule has 3 heterocycles. The van der Waals surface area contributed by atoms with Crippen LogP contribution in [0.5, 0.6) is 5.75 Å². The highest BCUT2D eigenvalue weighted by atomic mass is 16.5. The molecule has 1 aliphatic heterocycles. The zero-order valence-electron chi connectivity index (χ0n) is 20.5. The number of allylic oxidation sites excluding steroid dienone is 2. The van der Waals surface area contributed by atoms with Crippen molar-refractivity contribution in [1.29, 1.82) is 0 Å². The second-order valence-corrected chi connectivity index (χ2v) is 9.07. The number of pyridine rings is 1. The van der Waals surface area contributed by atoms with Crippen molar-refractivity contribution in [3.05, 3.63) is 65.2 Å². The van der Waals surface area contributed by atoms with E-state index in [2.05, 4.69) is 22.0 Å². The summed E-state index contributed by atoms with van der Waals surface area (Å²) >= 11 is 0. The smallest absolute Gasteiger partial charge is 0.303 e. The highest BCUT2D eigenvalue weighted by Gasteiger charge is 2.18. The highest BCUT2D eigenvalue weighted by molar-refractivity contribution is 5.76. The molecule has 188 valence electrons. The highest BCUT2D eigenvalue weighted by Crippen LogP contribution is 2.35. The van der Waals surface area contributed by atoms with Gasteiger partial charge in [-0.2, -0.15) is 0 Å². The fourth-order valence-corrected chi connectivity index (χ4v) is 4.77. The number of anilines is 1. The van der Waals surface area contributed by atoms with Crippen LogP contribution in [0.4, 0.5) is 5.82 Å². The number of rotatable bonds is 9. The Hall–Kier alpha value is -3.65. The SMILES string of the molecule is Cc1oc(-c2ccc(N3CCOCC3)nc2)nc1CCOc1cccc2c1CCC=C2CCC(=O)O. The van der Waals surface area contributed by atoms with E-state index >= 15 is 0 Å². The summed E-state index contributed by atoms with van der Waals surface area (Å²) in [5.41, 5.74) is 5.07. The normalized spacial score (nSPS) is 15.4. The van der Waals surface area contributed by atoms with Gasteiger partial charge >= 0.3 is 5.97 Å². The van der Waals surface area contributed by atoms with Gasteiger partial charge in [0.05, 0.1) is 31.1 Å². The Morgan fingerprint density at radius 1 is 1.17 bits per heavy atom. The van der Waals surface area contributed by atoms with E-state index in [1.807, 2.05) is 37.4 Å². The van der Waals surface area contributed by atoms with E-state index in [1.54, 1.807) is 0 Å². The lowest BCUT2D eigenvalue weighted by Gasteiger charge is -2.27. The van der Waals surface area contributed by atoms with Crippen molar-refractivity contribution in [3.63, 3.8) is 0 Å². The van der Waals surface area contributed by atoms with Crippen molar-refractivity contribution in [3.8, 4) is 17.2 Å². The van der Waals surface area contributed by atoms with Gasteiger partial charge < -0.3 is 23.9 Å². The topological polar surface area (TPSA) is 97.9 Å². The predicted octanol–water partition coefficient (Wildman–Crippen LogP) is 4.70. The molecule has 0 radical (unpaired) electrons. The first-order valence-corrected chi connectivity index (χ1v) is 12.5. The molecule has 0 amide bonds. The molecule has 0 unspecified atom stereocenters. The van der Waals surface area contributed by atoms with Gasteiger partial charge in [0.2, 0.25) is 5.89 Å². The molecule has 1 N–H and O–H groups in total. The minimum absolute atomic E-state index is 0.135. The Morgan fingerprint density at radius 3 is 2.81 bits per heavy atom. The predicted molar refractivity (Wildman–Crippen MR) is 136 cm³/mol. The average Bonchev–Trinajstić information content (AvgIpc) is 3.28. The van der Waals surface area contributed by atoms with Crippen LogP contribution in [0.15, 0.2) is 47.0 Å². The lowest BCUT2D eigenvalue weighted by molar-refractivity contribution is -0.136.